The molecule has 1 aromatic carbocycles. The molecule has 0 radical (unpaired) electrons. The minimum atomic E-state index is -1.41. The van der Waals surface area contributed by atoms with Crippen molar-refractivity contribution in [2.45, 2.75) is 19.6 Å². The molecule has 0 nitrogen and oxygen atoms in total. The van der Waals surface area contributed by atoms with Crippen LogP contribution in [0.25, 0.3) is 0 Å². The first kappa shape index (κ1) is 11.4. The van der Waals surface area contributed by atoms with Crippen molar-refractivity contribution in [1.29, 1.82) is 0 Å². The van der Waals surface area contributed by atoms with Crippen LogP contribution in [0.2, 0.25) is 34.7 Å². The van der Waals surface area contributed by atoms with Crippen LogP contribution in [-0.2, 0) is 0 Å². The monoisotopic (exact) mass is 252 g/mol. The summed E-state index contributed by atoms with van der Waals surface area (Å²) in [5.74, 6) is 0. The van der Waals surface area contributed by atoms with E-state index in [0.29, 0.717) is 15.1 Å². The Morgan fingerprint density at radius 2 is 1.46 bits per heavy atom. The van der Waals surface area contributed by atoms with Gasteiger partial charge in [-0.2, -0.15) is 0 Å². The first-order valence-electron chi connectivity index (χ1n) is 3.98. The fourth-order valence-corrected chi connectivity index (χ4v) is 3.94. The molecule has 0 N–H and O–H groups in total. The molecule has 1 rings (SSSR count). The Balaban J connectivity index is 3.35. The highest BCUT2D eigenvalue weighted by atomic mass is 35.5. The van der Waals surface area contributed by atoms with E-state index in [2.05, 4.69) is 19.6 Å². The SMILES string of the molecule is C[Si](C)(C)c1ccc(Cl)c(Cl)c1Cl. The van der Waals surface area contributed by atoms with Crippen LogP contribution in [0.5, 0.6) is 0 Å². The van der Waals surface area contributed by atoms with Crippen molar-refractivity contribution in [2.24, 2.45) is 0 Å². The van der Waals surface area contributed by atoms with Crippen molar-refractivity contribution in [3.63, 3.8) is 0 Å². The molecule has 0 amide bonds. The fourth-order valence-electron chi connectivity index (χ4n) is 1.11. The summed E-state index contributed by atoms with van der Waals surface area (Å²) < 4.78 is 0. The summed E-state index contributed by atoms with van der Waals surface area (Å²) in [4.78, 5) is 0. The second-order valence-electron chi connectivity index (χ2n) is 3.97. The topological polar surface area (TPSA) is 0 Å². The van der Waals surface area contributed by atoms with Crippen molar-refractivity contribution < 1.29 is 0 Å². The molecule has 1 aromatic rings. The van der Waals surface area contributed by atoms with Crippen LogP contribution in [0.1, 0.15) is 0 Å². The van der Waals surface area contributed by atoms with Crippen LogP contribution >= 0.6 is 34.8 Å². The maximum absolute atomic E-state index is 6.10. The van der Waals surface area contributed by atoms with Gasteiger partial charge in [0, 0.05) is 0 Å². The molecule has 0 saturated heterocycles. The molecule has 0 bridgehead atoms. The molecular formula is C9H11Cl3Si. The van der Waals surface area contributed by atoms with Gasteiger partial charge in [-0.05, 0) is 11.3 Å². The Labute approximate surface area is 94.8 Å². The van der Waals surface area contributed by atoms with Gasteiger partial charge in [0.05, 0.1) is 23.1 Å². The minimum Gasteiger partial charge on any atom is -0.0828 e. The van der Waals surface area contributed by atoms with Gasteiger partial charge in [0.2, 0.25) is 0 Å². The summed E-state index contributed by atoms with van der Waals surface area (Å²) in [5, 5.41) is 2.77. The highest BCUT2D eigenvalue weighted by molar-refractivity contribution is 6.90. The lowest BCUT2D eigenvalue weighted by Crippen LogP contribution is -2.38. The summed E-state index contributed by atoms with van der Waals surface area (Å²) in [5.41, 5.74) is 0. The molecule has 0 aliphatic carbocycles. The predicted octanol–water partition coefficient (Wildman–Crippen LogP) is 4.19. The number of halogens is 3. The maximum atomic E-state index is 6.10. The normalized spacial score (nSPS) is 11.8. The first-order chi connectivity index (χ1) is 5.84. The minimum absolute atomic E-state index is 0.475. The van der Waals surface area contributed by atoms with Crippen molar-refractivity contribution in [1.82, 2.24) is 0 Å². The molecule has 0 heterocycles. The van der Waals surface area contributed by atoms with Crippen LogP contribution in [0.15, 0.2) is 12.1 Å². The first-order valence-corrected chi connectivity index (χ1v) is 8.61. The van der Waals surface area contributed by atoms with E-state index in [0.717, 1.165) is 5.19 Å². The van der Waals surface area contributed by atoms with Crippen molar-refractivity contribution in [3.05, 3.63) is 27.2 Å². The summed E-state index contributed by atoms with van der Waals surface area (Å²) in [6, 6.07) is 3.78. The molecule has 0 aliphatic rings. The number of rotatable bonds is 1. The average molecular weight is 254 g/mol. The van der Waals surface area contributed by atoms with E-state index >= 15 is 0 Å². The van der Waals surface area contributed by atoms with Gasteiger partial charge in [0.15, 0.2) is 0 Å². The van der Waals surface area contributed by atoms with Crippen molar-refractivity contribution in [3.8, 4) is 0 Å². The lowest BCUT2D eigenvalue weighted by Gasteiger charge is -2.19. The second kappa shape index (κ2) is 3.82. The predicted molar refractivity (Wildman–Crippen MR) is 64.5 cm³/mol. The standard InChI is InChI=1S/C9H11Cl3Si/c1-13(2,3)7-5-4-6(10)8(11)9(7)12/h4-5H,1-3H3. The lowest BCUT2D eigenvalue weighted by molar-refractivity contribution is 1.67. The Kier molecular flexibility index (Phi) is 3.34. The fraction of sp³-hybridized carbons (Fsp3) is 0.333. The zero-order chi connectivity index (χ0) is 10.2. The zero-order valence-electron chi connectivity index (χ0n) is 7.79. The molecule has 0 aromatic heterocycles. The Morgan fingerprint density at radius 3 is 1.92 bits per heavy atom. The molecule has 0 spiro atoms. The van der Waals surface area contributed by atoms with E-state index in [9.17, 15) is 0 Å². The van der Waals surface area contributed by atoms with Crippen LogP contribution in [0.4, 0.5) is 0 Å². The number of benzene rings is 1. The van der Waals surface area contributed by atoms with Gasteiger partial charge in [0.25, 0.3) is 0 Å². The number of hydrogen-bond donors (Lipinski definition) is 0. The quantitative estimate of drug-likeness (QED) is 0.520. The highest BCUT2D eigenvalue weighted by Crippen LogP contribution is 2.29. The highest BCUT2D eigenvalue weighted by Gasteiger charge is 2.21. The molecule has 0 atom stereocenters. The summed E-state index contributed by atoms with van der Waals surface area (Å²) >= 11 is 17.9. The van der Waals surface area contributed by atoms with Gasteiger partial charge < -0.3 is 0 Å². The Morgan fingerprint density at radius 1 is 0.923 bits per heavy atom. The third kappa shape index (κ3) is 2.41. The van der Waals surface area contributed by atoms with E-state index < -0.39 is 8.07 Å². The van der Waals surface area contributed by atoms with Gasteiger partial charge in [-0.25, -0.2) is 0 Å². The summed E-state index contributed by atoms with van der Waals surface area (Å²) in [7, 11) is -1.41. The van der Waals surface area contributed by atoms with E-state index in [1.54, 1.807) is 0 Å². The molecule has 72 valence electrons. The van der Waals surface area contributed by atoms with Crippen LogP contribution in [0.3, 0.4) is 0 Å². The molecular weight excluding hydrogens is 243 g/mol. The third-order valence-corrected chi connectivity index (χ3v) is 5.33. The van der Waals surface area contributed by atoms with Crippen LogP contribution < -0.4 is 5.19 Å². The Hall–Kier alpha value is 0.307. The van der Waals surface area contributed by atoms with E-state index in [1.807, 2.05) is 12.1 Å². The van der Waals surface area contributed by atoms with Gasteiger partial charge in [-0.15, -0.1) is 0 Å². The summed E-state index contributed by atoms with van der Waals surface area (Å²) in [6.07, 6.45) is 0. The molecule has 0 saturated carbocycles. The molecule has 4 heteroatoms. The van der Waals surface area contributed by atoms with Gasteiger partial charge in [-0.3, -0.25) is 0 Å². The second-order valence-corrected chi connectivity index (χ2v) is 10.2. The maximum Gasteiger partial charge on any atom is 0.0796 e. The lowest BCUT2D eigenvalue weighted by atomic mass is 10.3. The molecule has 0 unspecified atom stereocenters. The summed E-state index contributed by atoms with van der Waals surface area (Å²) in [6.45, 7) is 6.66. The molecule has 0 aliphatic heterocycles. The van der Waals surface area contributed by atoms with Gasteiger partial charge >= 0.3 is 0 Å². The van der Waals surface area contributed by atoms with Crippen molar-refractivity contribution >= 4 is 48.1 Å². The third-order valence-electron chi connectivity index (χ3n) is 1.84. The average Bonchev–Trinajstić information content (AvgIpc) is 1.98. The molecule has 13 heavy (non-hydrogen) atoms. The Bertz CT molecular complexity index is 328. The van der Waals surface area contributed by atoms with Crippen LogP contribution in [0, 0.1) is 0 Å². The zero-order valence-corrected chi connectivity index (χ0v) is 11.1. The van der Waals surface area contributed by atoms with E-state index in [4.69, 9.17) is 34.8 Å². The largest absolute Gasteiger partial charge is 0.0828 e. The van der Waals surface area contributed by atoms with E-state index in [1.165, 1.54) is 0 Å². The van der Waals surface area contributed by atoms with Gasteiger partial charge in [0.1, 0.15) is 0 Å². The van der Waals surface area contributed by atoms with Crippen molar-refractivity contribution in [2.75, 3.05) is 0 Å². The molecule has 0 fully saturated rings. The van der Waals surface area contributed by atoms with E-state index in [-0.39, 0.29) is 0 Å². The van der Waals surface area contributed by atoms with Crippen LogP contribution in [-0.4, -0.2) is 8.07 Å². The number of hydrogen-bond acceptors (Lipinski definition) is 0. The smallest absolute Gasteiger partial charge is 0.0796 e. The van der Waals surface area contributed by atoms with Gasteiger partial charge in [-0.1, -0.05) is 60.5 Å².